The van der Waals surface area contributed by atoms with Gasteiger partial charge in [0.25, 0.3) is 5.56 Å². The molecule has 0 aliphatic heterocycles. The van der Waals surface area contributed by atoms with Gasteiger partial charge < -0.3 is 4.57 Å². The van der Waals surface area contributed by atoms with Crippen LogP contribution >= 0.6 is 15.9 Å². The summed E-state index contributed by atoms with van der Waals surface area (Å²) >= 11 is 3.25. The van der Waals surface area contributed by atoms with Gasteiger partial charge in [-0.3, -0.25) is 19.1 Å². The van der Waals surface area contributed by atoms with E-state index in [1.54, 1.807) is 12.1 Å². The Kier molecular flexibility index (Phi) is 3.77. The van der Waals surface area contributed by atoms with Crippen LogP contribution in [0.5, 0.6) is 0 Å². The standard InChI is InChI=1S/C15H13BrN4O3/c1-8-5-3-4-6-9(8)10(21)7-20-11-12(17-14(20)16)19(2)15(23)18-13(11)22/h3-6H,7H2,1-2H3,(H,18,22,23). The maximum atomic E-state index is 12.5. The smallest absolute Gasteiger partial charge is 0.305 e. The summed E-state index contributed by atoms with van der Waals surface area (Å²) in [7, 11) is 1.51. The van der Waals surface area contributed by atoms with Crippen LogP contribution in [0, 0.1) is 6.92 Å². The second-order valence-electron chi connectivity index (χ2n) is 5.20. The number of aryl methyl sites for hydroxylation is 2. The molecule has 0 atom stereocenters. The number of halogens is 1. The molecule has 0 bridgehead atoms. The van der Waals surface area contributed by atoms with E-state index >= 15 is 0 Å². The number of fused-ring (bicyclic) bond motifs is 1. The molecule has 0 aliphatic rings. The third kappa shape index (κ3) is 2.55. The van der Waals surface area contributed by atoms with Crippen LogP contribution in [0.1, 0.15) is 15.9 Å². The molecule has 0 fully saturated rings. The Morgan fingerprint density at radius 2 is 2.00 bits per heavy atom. The second kappa shape index (κ2) is 5.62. The zero-order valence-corrected chi connectivity index (χ0v) is 14.0. The summed E-state index contributed by atoms with van der Waals surface area (Å²) in [5.74, 6) is -0.142. The quantitative estimate of drug-likeness (QED) is 0.552. The van der Waals surface area contributed by atoms with Crippen LogP contribution in [-0.2, 0) is 13.6 Å². The third-order valence-electron chi connectivity index (χ3n) is 3.71. The van der Waals surface area contributed by atoms with Gasteiger partial charge in [0.15, 0.2) is 21.7 Å². The van der Waals surface area contributed by atoms with Crippen LogP contribution in [0.2, 0.25) is 0 Å². The normalized spacial score (nSPS) is 11.1. The number of aromatic nitrogens is 4. The lowest BCUT2D eigenvalue weighted by atomic mass is 10.1. The highest BCUT2D eigenvalue weighted by Crippen LogP contribution is 2.18. The molecule has 2 heterocycles. The van der Waals surface area contributed by atoms with Gasteiger partial charge in [0, 0.05) is 12.6 Å². The summed E-state index contributed by atoms with van der Waals surface area (Å²) in [6.45, 7) is 1.80. The number of carbonyl (C=O) groups excluding carboxylic acids is 1. The molecule has 118 valence electrons. The molecular weight excluding hydrogens is 364 g/mol. The molecule has 7 nitrogen and oxygen atoms in total. The molecule has 0 saturated carbocycles. The molecule has 23 heavy (non-hydrogen) atoms. The summed E-state index contributed by atoms with van der Waals surface area (Å²) in [5, 5.41) is 0. The molecule has 8 heteroatoms. The Morgan fingerprint density at radius 3 is 2.70 bits per heavy atom. The zero-order chi connectivity index (χ0) is 16.7. The molecular formula is C15H13BrN4O3. The van der Waals surface area contributed by atoms with Gasteiger partial charge in [0.2, 0.25) is 0 Å². The summed E-state index contributed by atoms with van der Waals surface area (Å²) in [6.07, 6.45) is 0. The van der Waals surface area contributed by atoms with E-state index < -0.39 is 11.2 Å². The summed E-state index contributed by atoms with van der Waals surface area (Å²) < 4.78 is 3.01. The average Bonchev–Trinajstić information content (AvgIpc) is 2.83. The largest absolute Gasteiger partial charge is 0.329 e. The maximum absolute atomic E-state index is 12.5. The summed E-state index contributed by atoms with van der Waals surface area (Å²) in [6, 6.07) is 7.24. The molecule has 0 aliphatic carbocycles. The lowest BCUT2D eigenvalue weighted by molar-refractivity contribution is 0.0972. The van der Waals surface area contributed by atoms with Crippen molar-refractivity contribution in [1.82, 2.24) is 19.1 Å². The number of nitrogens with zero attached hydrogens (tertiary/aromatic N) is 3. The van der Waals surface area contributed by atoms with Crippen LogP contribution in [0.3, 0.4) is 0 Å². The molecule has 1 N–H and O–H groups in total. The number of rotatable bonds is 3. The topological polar surface area (TPSA) is 89.8 Å². The second-order valence-corrected chi connectivity index (χ2v) is 5.90. The van der Waals surface area contributed by atoms with Crippen LogP contribution in [-0.4, -0.2) is 24.9 Å². The van der Waals surface area contributed by atoms with Crippen molar-refractivity contribution in [3.05, 3.63) is 61.0 Å². The lowest BCUT2D eigenvalue weighted by Crippen LogP contribution is -2.29. The van der Waals surface area contributed by atoms with Gasteiger partial charge in [-0.25, -0.2) is 9.78 Å². The zero-order valence-electron chi connectivity index (χ0n) is 12.5. The summed E-state index contributed by atoms with van der Waals surface area (Å²) in [4.78, 5) is 42.7. The fourth-order valence-corrected chi connectivity index (χ4v) is 2.94. The first-order valence-corrected chi connectivity index (χ1v) is 7.63. The number of imidazole rings is 1. The predicted molar refractivity (Wildman–Crippen MR) is 88.8 cm³/mol. The molecule has 3 aromatic rings. The fourth-order valence-electron chi connectivity index (χ4n) is 2.47. The molecule has 0 unspecified atom stereocenters. The van der Waals surface area contributed by atoms with E-state index in [0.29, 0.717) is 10.3 Å². The molecule has 0 radical (unpaired) electrons. The maximum Gasteiger partial charge on any atom is 0.329 e. The van der Waals surface area contributed by atoms with Crippen LogP contribution < -0.4 is 11.2 Å². The first kappa shape index (κ1) is 15.4. The van der Waals surface area contributed by atoms with Gasteiger partial charge in [0.05, 0.1) is 6.54 Å². The minimum Gasteiger partial charge on any atom is -0.305 e. The van der Waals surface area contributed by atoms with Gasteiger partial charge in [-0.05, 0) is 28.4 Å². The van der Waals surface area contributed by atoms with Crippen LogP contribution in [0.4, 0.5) is 0 Å². The Bertz CT molecular complexity index is 1050. The van der Waals surface area contributed by atoms with Crippen LogP contribution in [0.15, 0.2) is 38.6 Å². The van der Waals surface area contributed by atoms with Crippen molar-refractivity contribution in [2.45, 2.75) is 13.5 Å². The minimum atomic E-state index is -0.570. The van der Waals surface area contributed by atoms with Crippen molar-refractivity contribution in [1.29, 1.82) is 0 Å². The fraction of sp³-hybridized carbons (Fsp3) is 0.200. The van der Waals surface area contributed by atoms with Gasteiger partial charge >= 0.3 is 5.69 Å². The van der Waals surface area contributed by atoms with E-state index in [1.807, 2.05) is 19.1 Å². The average molecular weight is 377 g/mol. The van der Waals surface area contributed by atoms with Gasteiger partial charge in [0.1, 0.15) is 0 Å². The monoisotopic (exact) mass is 376 g/mol. The van der Waals surface area contributed by atoms with E-state index in [2.05, 4.69) is 25.9 Å². The number of benzene rings is 1. The number of ketones is 1. The van der Waals surface area contributed by atoms with E-state index in [0.717, 1.165) is 5.56 Å². The van der Waals surface area contributed by atoms with Gasteiger partial charge in [-0.1, -0.05) is 24.3 Å². The van der Waals surface area contributed by atoms with Crippen molar-refractivity contribution < 1.29 is 4.79 Å². The van der Waals surface area contributed by atoms with Crippen molar-refractivity contribution in [3.63, 3.8) is 0 Å². The van der Waals surface area contributed by atoms with Crippen molar-refractivity contribution in [2.24, 2.45) is 7.05 Å². The first-order chi connectivity index (χ1) is 10.9. The van der Waals surface area contributed by atoms with Crippen molar-refractivity contribution >= 4 is 32.9 Å². The van der Waals surface area contributed by atoms with Gasteiger partial charge in [-0.2, -0.15) is 0 Å². The number of Topliss-reactive ketones (excluding diaryl/α,β-unsaturated/α-hetero) is 1. The van der Waals surface area contributed by atoms with Crippen molar-refractivity contribution in [2.75, 3.05) is 0 Å². The minimum absolute atomic E-state index is 0.0524. The number of H-pyrrole nitrogens is 1. The summed E-state index contributed by atoms with van der Waals surface area (Å²) in [5.41, 5.74) is 0.731. The number of carbonyl (C=O) groups is 1. The predicted octanol–water partition coefficient (Wildman–Crippen LogP) is 1.38. The van der Waals surface area contributed by atoms with Crippen molar-refractivity contribution in [3.8, 4) is 0 Å². The highest BCUT2D eigenvalue weighted by molar-refractivity contribution is 9.10. The Hall–Kier alpha value is -2.48. The lowest BCUT2D eigenvalue weighted by Gasteiger charge is -2.07. The molecule has 0 spiro atoms. The number of nitrogens with one attached hydrogen (secondary N) is 1. The Labute approximate surface area is 138 Å². The van der Waals surface area contributed by atoms with E-state index in [1.165, 1.54) is 16.2 Å². The Morgan fingerprint density at radius 1 is 1.30 bits per heavy atom. The Balaban J connectivity index is 2.15. The van der Waals surface area contributed by atoms with E-state index in [9.17, 15) is 14.4 Å². The molecule has 3 rings (SSSR count). The number of hydrogen-bond acceptors (Lipinski definition) is 4. The highest BCUT2D eigenvalue weighted by atomic mass is 79.9. The molecule has 2 aromatic heterocycles. The molecule has 1 aromatic carbocycles. The van der Waals surface area contributed by atoms with Gasteiger partial charge in [-0.15, -0.1) is 0 Å². The molecule has 0 saturated heterocycles. The third-order valence-corrected chi connectivity index (χ3v) is 4.31. The van der Waals surface area contributed by atoms with E-state index in [4.69, 9.17) is 0 Å². The number of aromatic amines is 1. The van der Waals surface area contributed by atoms with Crippen LogP contribution in [0.25, 0.3) is 11.2 Å². The number of hydrogen-bond donors (Lipinski definition) is 1. The molecule has 0 amide bonds. The first-order valence-electron chi connectivity index (χ1n) is 6.84. The van der Waals surface area contributed by atoms with E-state index in [-0.39, 0.29) is 23.5 Å². The highest BCUT2D eigenvalue weighted by Gasteiger charge is 2.19. The SMILES string of the molecule is Cc1ccccc1C(=O)Cn1c(Br)nc2c1c(=O)[nH]c(=O)n2C.